The van der Waals surface area contributed by atoms with Crippen LogP contribution in [0.5, 0.6) is 0 Å². The fourth-order valence-electron chi connectivity index (χ4n) is 4.48. The molecule has 0 saturated carbocycles. The third-order valence-electron chi connectivity index (χ3n) is 6.52. The van der Waals surface area contributed by atoms with Gasteiger partial charge < -0.3 is 9.80 Å². The summed E-state index contributed by atoms with van der Waals surface area (Å²) < 4.78 is 17.7. The highest BCUT2D eigenvalue weighted by Gasteiger charge is 2.27. The number of aryl methyl sites for hydroxylation is 1. The van der Waals surface area contributed by atoms with Crippen LogP contribution in [0.4, 0.5) is 10.3 Å². The molecule has 0 N–H and O–H groups in total. The number of benzene rings is 2. The second-order valence-electron chi connectivity index (χ2n) is 8.79. The first kappa shape index (κ1) is 23.8. The van der Waals surface area contributed by atoms with Crippen LogP contribution in [-0.4, -0.2) is 55.7 Å². The molecule has 1 aliphatic rings. The number of anilines is 1. The van der Waals surface area contributed by atoms with E-state index in [1.165, 1.54) is 23.7 Å². The van der Waals surface area contributed by atoms with Crippen molar-refractivity contribution < 1.29 is 9.18 Å². The molecule has 186 valence electrons. The number of piperazine rings is 1. The Morgan fingerprint density at radius 3 is 2.22 bits per heavy atom. The maximum absolute atomic E-state index is 13.5. The summed E-state index contributed by atoms with van der Waals surface area (Å²) in [5, 5.41) is 0.567. The first-order chi connectivity index (χ1) is 17.2. The van der Waals surface area contributed by atoms with Crippen molar-refractivity contribution in [3.63, 3.8) is 0 Å². The Morgan fingerprint density at radius 1 is 0.944 bits per heavy atom. The van der Waals surface area contributed by atoms with Crippen LogP contribution in [0.3, 0.4) is 0 Å². The van der Waals surface area contributed by atoms with Gasteiger partial charge in [0.2, 0.25) is 5.95 Å². The zero-order valence-corrected chi connectivity index (χ0v) is 20.6. The molecule has 1 aliphatic heterocycles. The van der Waals surface area contributed by atoms with E-state index in [2.05, 4.69) is 0 Å². The number of halogens is 2. The second-order valence-corrected chi connectivity index (χ2v) is 9.22. The van der Waals surface area contributed by atoms with E-state index in [9.17, 15) is 18.8 Å². The van der Waals surface area contributed by atoms with Crippen molar-refractivity contribution in [2.24, 2.45) is 14.1 Å². The Kier molecular flexibility index (Phi) is 6.13. The van der Waals surface area contributed by atoms with Gasteiger partial charge in [-0.05, 0) is 42.0 Å². The van der Waals surface area contributed by atoms with E-state index in [0.717, 1.165) is 10.1 Å². The SMILES string of the molecule is Cn1c(=O)c2c(nc(N3CCN(C(=O)c4ccc(Cl)cc4)CC3)n2Cc2ccc(F)cc2)n(C)c1=O. The van der Waals surface area contributed by atoms with Gasteiger partial charge in [-0.1, -0.05) is 23.7 Å². The number of amides is 1. The van der Waals surface area contributed by atoms with Crippen LogP contribution in [0.2, 0.25) is 5.02 Å². The van der Waals surface area contributed by atoms with Crippen LogP contribution < -0.4 is 16.1 Å². The molecule has 1 amide bonds. The predicted octanol–water partition coefficient (Wildman–Crippen LogP) is 2.24. The minimum Gasteiger partial charge on any atom is -0.339 e. The van der Waals surface area contributed by atoms with E-state index in [1.807, 2.05) is 4.90 Å². The van der Waals surface area contributed by atoms with Crippen molar-refractivity contribution in [3.05, 3.63) is 91.3 Å². The minimum absolute atomic E-state index is 0.0811. The summed E-state index contributed by atoms with van der Waals surface area (Å²) in [5.41, 5.74) is 0.993. The second kappa shape index (κ2) is 9.27. The lowest BCUT2D eigenvalue weighted by atomic mass is 10.2. The molecule has 0 unspecified atom stereocenters. The highest BCUT2D eigenvalue weighted by Crippen LogP contribution is 2.23. The molecule has 0 atom stereocenters. The number of hydrogen-bond donors (Lipinski definition) is 0. The molecule has 3 heterocycles. The zero-order valence-electron chi connectivity index (χ0n) is 19.8. The molecule has 2 aromatic heterocycles. The van der Waals surface area contributed by atoms with Gasteiger partial charge in [0.05, 0.1) is 6.54 Å². The van der Waals surface area contributed by atoms with E-state index >= 15 is 0 Å². The van der Waals surface area contributed by atoms with Crippen LogP contribution in [0.1, 0.15) is 15.9 Å². The van der Waals surface area contributed by atoms with Gasteiger partial charge in [-0.3, -0.25) is 23.3 Å². The number of aromatic nitrogens is 4. The fourth-order valence-corrected chi connectivity index (χ4v) is 4.61. The monoisotopic (exact) mass is 510 g/mol. The third-order valence-corrected chi connectivity index (χ3v) is 6.77. The molecule has 4 aromatic rings. The Bertz CT molecular complexity index is 1570. The van der Waals surface area contributed by atoms with Gasteiger partial charge in [0, 0.05) is 50.9 Å². The molecule has 1 fully saturated rings. The number of carbonyl (C=O) groups is 1. The molecule has 11 heteroatoms. The molecule has 0 bridgehead atoms. The van der Waals surface area contributed by atoms with Gasteiger partial charge in [-0.25, -0.2) is 9.18 Å². The van der Waals surface area contributed by atoms with Crippen molar-refractivity contribution >= 4 is 34.6 Å². The van der Waals surface area contributed by atoms with E-state index in [-0.39, 0.29) is 23.9 Å². The van der Waals surface area contributed by atoms with Gasteiger partial charge in [-0.15, -0.1) is 0 Å². The Morgan fingerprint density at radius 2 is 1.58 bits per heavy atom. The summed E-state index contributed by atoms with van der Waals surface area (Å²) >= 11 is 5.94. The number of imidazole rings is 1. The van der Waals surface area contributed by atoms with Crippen LogP contribution in [0.25, 0.3) is 11.2 Å². The van der Waals surface area contributed by atoms with Gasteiger partial charge in [-0.2, -0.15) is 4.98 Å². The van der Waals surface area contributed by atoms with E-state index < -0.39 is 11.2 Å². The van der Waals surface area contributed by atoms with Crippen LogP contribution >= 0.6 is 11.6 Å². The summed E-state index contributed by atoms with van der Waals surface area (Å²) in [6.07, 6.45) is 0. The van der Waals surface area contributed by atoms with Crippen LogP contribution in [0.15, 0.2) is 58.1 Å². The first-order valence-corrected chi connectivity index (χ1v) is 11.8. The molecule has 5 rings (SSSR count). The molecular weight excluding hydrogens is 487 g/mol. The van der Waals surface area contributed by atoms with Gasteiger partial charge in [0.15, 0.2) is 11.2 Å². The smallest absolute Gasteiger partial charge is 0.332 e. The van der Waals surface area contributed by atoms with E-state index in [0.29, 0.717) is 48.2 Å². The topological polar surface area (TPSA) is 85.4 Å². The maximum atomic E-state index is 13.5. The number of nitrogens with zero attached hydrogens (tertiary/aromatic N) is 6. The normalized spacial score (nSPS) is 14.0. The van der Waals surface area contributed by atoms with Crippen molar-refractivity contribution in [1.82, 2.24) is 23.6 Å². The van der Waals surface area contributed by atoms with E-state index in [4.69, 9.17) is 16.6 Å². The standard InChI is InChI=1S/C25H24ClFN6O3/c1-29-21-20(23(35)30(2)25(29)36)33(15-16-3-9-19(27)10-4-16)24(28-21)32-13-11-31(12-14-32)22(34)17-5-7-18(26)8-6-17/h3-10H,11-15H2,1-2H3. The average molecular weight is 511 g/mol. The lowest BCUT2D eigenvalue weighted by Crippen LogP contribution is -2.49. The van der Waals surface area contributed by atoms with Gasteiger partial charge in [0.25, 0.3) is 11.5 Å². The van der Waals surface area contributed by atoms with Gasteiger partial charge in [0.1, 0.15) is 5.82 Å². The van der Waals surface area contributed by atoms with Crippen molar-refractivity contribution in [3.8, 4) is 0 Å². The summed E-state index contributed by atoms with van der Waals surface area (Å²) in [4.78, 5) is 47.1. The molecular formula is C25H24ClFN6O3. The lowest BCUT2D eigenvalue weighted by molar-refractivity contribution is 0.0746. The summed E-state index contributed by atoms with van der Waals surface area (Å²) in [6.45, 7) is 2.15. The Balaban J connectivity index is 1.50. The highest BCUT2D eigenvalue weighted by atomic mass is 35.5. The number of rotatable bonds is 4. The predicted molar refractivity (Wildman–Crippen MR) is 135 cm³/mol. The van der Waals surface area contributed by atoms with Crippen LogP contribution in [-0.2, 0) is 20.6 Å². The van der Waals surface area contributed by atoms with Crippen molar-refractivity contribution in [1.29, 1.82) is 0 Å². The number of hydrogen-bond acceptors (Lipinski definition) is 5. The molecule has 1 saturated heterocycles. The highest BCUT2D eigenvalue weighted by molar-refractivity contribution is 6.30. The fraction of sp³-hybridized carbons (Fsp3) is 0.280. The average Bonchev–Trinajstić information content (AvgIpc) is 3.27. The maximum Gasteiger partial charge on any atom is 0.332 e. The molecule has 0 radical (unpaired) electrons. The number of fused-ring (bicyclic) bond motifs is 1. The molecule has 36 heavy (non-hydrogen) atoms. The van der Waals surface area contributed by atoms with Crippen molar-refractivity contribution in [2.45, 2.75) is 6.54 Å². The summed E-state index contributed by atoms with van der Waals surface area (Å²) in [5.74, 6) is 0.0860. The molecule has 2 aromatic carbocycles. The largest absolute Gasteiger partial charge is 0.339 e. The van der Waals surface area contributed by atoms with Crippen molar-refractivity contribution in [2.75, 3.05) is 31.1 Å². The first-order valence-electron chi connectivity index (χ1n) is 11.4. The molecule has 0 spiro atoms. The Labute approximate surface area is 210 Å². The summed E-state index contributed by atoms with van der Waals surface area (Å²) in [6, 6.07) is 12.8. The third kappa shape index (κ3) is 4.17. The molecule has 9 nitrogen and oxygen atoms in total. The number of carbonyl (C=O) groups excluding carboxylic acids is 1. The minimum atomic E-state index is -0.469. The Hall–Kier alpha value is -3.92. The molecule has 0 aliphatic carbocycles. The van der Waals surface area contributed by atoms with Crippen LogP contribution in [0, 0.1) is 5.82 Å². The summed E-state index contributed by atoms with van der Waals surface area (Å²) in [7, 11) is 3.01. The quantitative estimate of drug-likeness (QED) is 0.420. The van der Waals surface area contributed by atoms with E-state index in [1.54, 1.807) is 52.9 Å². The lowest BCUT2D eigenvalue weighted by Gasteiger charge is -2.35. The zero-order chi connectivity index (χ0) is 25.6. The van der Waals surface area contributed by atoms with Gasteiger partial charge >= 0.3 is 5.69 Å².